The van der Waals surface area contributed by atoms with Gasteiger partial charge in [-0.3, -0.25) is 49.3 Å². The van der Waals surface area contributed by atoms with E-state index in [4.69, 9.17) is 14.9 Å². The summed E-state index contributed by atoms with van der Waals surface area (Å²) in [5.74, 6) is -3.36. The van der Waals surface area contributed by atoms with E-state index < -0.39 is 53.6 Å². The minimum atomic E-state index is -0.871. The molecule has 1 aliphatic rings. The molecule has 18 nitrogen and oxygen atoms in total. The first kappa shape index (κ1) is 46.8. The minimum absolute atomic E-state index is 0.00714. The lowest BCUT2D eigenvalue weighted by atomic mass is 10.0. The van der Waals surface area contributed by atoms with Crippen LogP contribution < -0.4 is 10.6 Å². The summed E-state index contributed by atoms with van der Waals surface area (Å²) >= 11 is 0. The lowest BCUT2D eigenvalue weighted by Gasteiger charge is -2.30. The number of nitrogens with zero attached hydrogens (tertiary/aromatic N) is 4. The van der Waals surface area contributed by atoms with Crippen LogP contribution in [0.15, 0.2) is 34.9 Å². The summed E-state index contributed by atoms with van der Waals surface area (Å²) in [5.41, 5.74) is 1.76. The van der Waals surface area contributed by atoms with Crippen LogP contribution in [-0.4, -0.2) is 153 Å². The monoisotopic (exact) mass is 754 g/mol. The molecule has 3 atom stereocenters. The minimum Gasteiger partial charge on any atom is -0.464 e. The number of rotatable bonds is 24. The summed E-state index contributed by atoms with van der Waals surface area (Å²) in [6.45, 7) is 4.50. The van der Waals surface area contributed by atoms with Crippen LogP contribution in [0.2, 0.25) is 0 Å². The first-order valence-corrected chi connectivity index (χ1v) is 17.7. The summed E-state index contributed by atoms with van der Waals surface area (Å²) < 4.78 is 5.39. The molecule has 1 heterocycles. The van der Waals surface area contributed by atoms with E-state index in [2.05, 4.69) is 10.6 Å². The van der Waals surface area contributed by atoms with Gasteiger partial charge in [0.15, 0.2) is 0 Å². The van der Waals surface area contributed by atoms with Gasteiger partial charge in [-0.1, -0.05) is 16.7 Å². The standard InChI is InChI=1S/C35H58N6O12/c1-24(12-18-42)21-30(44)39(50)15-6-9-27-33(47)37-28(34(48)36-27)10-7-16-40(51)32(46)23-26(3)14-20-53-35(49)29(38(4)5)11-8-17-41(52)31(45)22-25(2)13-19-43/h21-23,27-29,42-43,50-52H,6-20H2,1-5H3,(H,36,48)(H,37,47). The van der Waals surface area contributed by atoms with Crippen LogP contribution in [0, 0.1) is 0 Å². The predicted molar refractivity (Wildman–Crippen MR) is 190 cm³/mol. The number of carbonyl (C=O) groups excluding carboxylic acids is 6. The van der Waals surface area contributed by atoms with E-state index in [0.717, 1.165) is 0 Å². The molecule has 1 saturated heterocycles. The van der Waals surface area contributed by atoms with Gasteiger partial charge >= 0.3 is 5.97 Å². The Kier molecular flexibility index (Phi) is 22.0. The molecule has 0 spiro atoms. The molecule has 0 saturated carbocycles. The SMILES string of the molecule is CC(=CC(=O)N(O)CCCC1NC(=O)C(CCCN(O)C(=O)C=C(C)CCOC(=O)C(CCCN(O)C(=O)C=C(C)CCO)N(C)C)NC1=O)CCO. The fourth-order valence-corrected chi connectivity index (χ4v) is 5.16. The van der Waals surface area contributed by atoms with Gasteiger partial charge < -0.3 is 25.6 Å². The van der Waals surface area contributed by atoms with Crippen LogP contribution in [0.1, 0.15) is 78.6 Å². The van der Waals surface area contributed by atoms with Crippen molar-refractivity contribution in [1.29, 1.82) is 0 Å². The summed E-state index contributed by atoms with van der Waals surface area (Å²) in [7, 11) is 3.39. The zero-order valence-electron chi connectivity index (χ0n) is 31.5. The smallest absolute Gasteiger partial charge is 0.323 e. The maximum atomic E-state index is 12.7. The Morgan fingerprint density at radius 3 is 1.43 bits per heavy atom. The van der Waals surface area contributed by atoms with E-state index in [0.29, 0.717) is 57.6 Å². The number of aliphatic hydroxyl groups excluding tert-OH is 2. The molecule has 5 amide bonds. The Morgan fingerprint density at radius 1 is 0.679 bits per heavy atom. The maximum Gasteiger partial charge on any atom is 0.323 e. The summed E-state index contributed by atoms with van der Waals surface area (Å²) in [4.78, 5) is 76.0. The molecular weight excluding hydrogens is 696 g/mol. The number of esters is 1. The van der Waals surface area contributed by atoms with Crippen molar-refractivity contribution in [3.63, 3.8) is 0 Å². The third kappa shape index (κ3) is 18.4. The number of carbonyl (C=O) groups is 6. The van der Waals surface area contributed by atoms with E-state index in [1.807, 2.05) is 0 Å². The highest BCUT2D eigenvalue weighted by Gasteiger charge is 2.33. The van der Waals surface area contributed by atoms with Gasteiger partial charge in [-0.15, -0.1) is 0 Å². The summed E-state index contributed by atoms with van der Waals surface area (Å²) in [6, 6.07) is -2.36. The van der Waals surface area contributed by atoms with Crippen molar-refractivity contribution in [2.75, 3.05) is 53.6 Å². The second-order valence-corrected chi connectivity index (χ2v) is 13.2. The van der Waals surface area contributed by atoms with Gasteiger partial charge in [-0.25, -0.2) is 15.2 Å². The molecule has 0 aromatic carbocycles. The summed E-state index contributed by atoms with van der Waals surface area (Å²) in [5, 5.41) is 54.8. The predicted octanol–water partition coefficient (Wildman–Crippen LogP) is 0.431. The van der Waals surface area contributed by atoms with Gasteiger partial charge in [0.25, 0.3) is 17.7 Å². The van der Waals surface area contributed by atoms with Gasteiger partial charge in [0.05, 0.1) is 6.61 Å². The first-order valence-electron chi connectivity index (χ1n) is 17.7. The van der Waals surface area contributed by atoms with E-state index >= 15 is 0 Å². The van der Waals surface area contributed by atoms with Gasteiger partial charge in [0, 0.05) is 57.5 Å². The molecule has 300 valence electrons. The average Bonchev–Trinajstić information content (AvgIpc) is 3.08. The molecule has 0 aromatic heterocycles. The van der Waals surface area contributed by atoms with Crippen LogP contribution in [0.4, 0.5) is 0 Å². The van der Waals surface area contributed by atoms with E-state index in [1.165, 1.54) is 18.2 Å². The third-order valence-electron chi connectivity index (χ3n) is 8.36. The molecule has 3 unspecified atom stereocenters. The lowest BCUT2D eigenvalue weighted by Crippen LogP contribution is -2.61. The van der Waals surface area contributed by atoms with Crippen LogP contribution in [0.25, 0.3) is 0 Å². The average molecular weight is 755 g/mol. The van der Waals surface area contributed by atoms with Gasteiger partial charge in [-0.05, 0) is 86.2 Å². The largest absolute Gasteiger partial charge is 0.464 e. The van der Waals surface area contributed by atoms with E-state index in [1.54, 1.807) is 39.8 Å². The zero-order chi connectivity index (χ0) is 40.1. The molecule has 0 bridgehead atoms. The lowest BCUT2D eigenvalue weighted by molar-refractivity contribution is -0.160. The fraction of sp³-hybridized carbons (Fsp3) is 0.657. The van der Waals surface area contributed by atoms with E-state index in [-0.39, 0.29) is 71.6 Å². The van der Waals surface area contributed by atoms with Crippen LogP contribution in [-0.2, 0) is 33.5 Å². The van der Waals surface area contributed by atoms with Crippen molar-refractivity contribution in [2.24, 2.45) is 0 Å². The Labute approximate surface area is 310 Å². The number of amides is 5. The molecule has 53 heavy (non-hydrogen) atoms. The second-order valence-electron chi connectivity index (χ2n) is 13.2. The third-order valence-corrected chi connectivity index (χ3v) is 8.36. The number of hydrogen-bond donors (Lipinski definition) is 7. The molecular formula is C35H58N6O12. The number of likely N-dealkylation sites (N-methyl/N-ethyl adjacent to an activating group) is 1. The Bertz CT molecular complexity index is 1330. The Hall–Kier alpha value is -4.20. The normalized spacial score (nSPS) is 17.2. The molecule has 0 aromatic rings. The second kappa shape index (κ2) is 24.9. The topological polar surface area (TPSA) is 250 Å². The van der Waals surface area contributed by atoms with Crippen LogP contribution in [0.3, 0.4) is 0 Å². The zero-order valence-corrected chi connectivity index (χ0v) is 31.5. The van der Waals surface area contributed by atoms with Crippen LogP contribution >= 0.6 is 0 Å². The number of piperazine rings is 1. The van der Waals surface area contributed by atoms with Crippen molar-refractivity contribution in [3.05, 3.63) is 34.9 Å². The fourth-order valence-electron chi connectivity index (χ4n) is 5.16. The van der Waals surface area contributed by atoms with Crippen molar-refractivity contribution in [1.82, 2.24) is 30.7 Å². The van der Waals surface area contributed by atoms with E-state index in [9.17, 15) is 44.4 Å². The van der Waals surface area contributed by atoms with Crippen molar-refractivity contribution >= 4 is 35.5 Å². The van der Waals surface area contributed by atoms with Crippen molar-refractivity contribution in [2.45, 2.75) is 96.7 Å². The van der Waals surface area contributed by atoms with Crippen molar-refractivity contribution < 1.29 is 59.3 Å². The van der Waals surface area contributed by atoms with Gasteiger partial charge in [0.2, 0.25) is 11.8 Å². The maximum absolute atomic E-state index is 12.7. The molecule has 0 radical (unpaired) electrons. The highest BCUT2D eigenvalue weighted by molar-refractivity contribution is 5.97. The Morgan fingerprint density at radius 2 is 1.06 bits per heavy atom. The first-order chi connectivity index (χ1) is 25.0. The number of aliphatic hydroxyl groups is 2. The molecule has 1 rings (SSSR count). The van der Waals surface area contributed by atoms with Gasteiger partial charge in [0.1, 0.15) is 18.1 Å². The number of hydroxylamine groups is 6. The highest BCUT2D eigenvalue weighted by Crippen LogP contribution is 2.12. The molecule has 1 fully saturated rings. The van der Waals surface area contributed by atoms with Crippen molar-refractivity contribution in [3.8, 4) is 0 Å². The number of hydrogen-bond acceptors (Lipinski definition) is 13. The Balaban J connectivity index is 2.43. The van der Waals surface area contributed by atoms with Crippen LogP contribution in [0.5, 0.6) is 0 Å². The number of ether oxygens (including phenoxy) is 1. The molecule has 18 heteroatoms. The van der Waals surface area contributed by atoms with Gasteiger partial charge in [-0.2, -0.15) is 0 Å². The highest BCUT2D eigenvalue weighted by atomic mass is 16.5. The quantitative estimate of drug-likeness (QED) is 0.0306. The molecule has 7 N–H and O–H groups in total. The number of nitrogens with one attached hydrogen (secondary N) is 2. The summed E-state index contributed by atoms with van der Waals surface area (Å²) in [6.07, 6.45) is 5.83. The molecule has 1 aliphatic heterocycles. The molecule has 0 aliphatic carbocycles.